The SMILES string of the molecule is Cc1cccc([N+](=O)[O-])c1NC(=O)COC(=O)/C=C/c1c(Cl)nc2ccccn12. The molecule has 0 aliphatic carbocycles. The number of carbonyl (C=O) groups excluding carboxylic acids is 2. The molecule has 0 bridgehead atoms. The topological polar surface area (TPSA) is 116 Å². The van der Waals surface area contributed by atoms with E-state index in [4.69, 9.17) is 16.3 Å². The van der Waals surface area contributed by atoms with Crippen molar-refractivity contribution in [1.82, 2.24) is 9.38 Å². The number of nitrogens with zero attached hydrogens (tertiary/aromatic N) is 3. The van der Waals surface area contributed by atoms with Crippen LogP contribution in [0.4, 0.5) is 11.4 Å². The lowest BCUT2D eigenvalue weighted by molar-refractivity contribution is -0.384. The summed E-state index contributed by atoms with van der Waals surface area (Å²) in [5.41, 5.74) is 1.43. The first kappa shape index (κ1) is 20.0. The van der Waals surface area contributed by atoms with Crippen LogP contribution in [-0.2, 0) is 14.3 Å². The molecule has 0 spiro atoms. The van der Waals surface area contributed by atoms with Crippen LogP contribution in [0.2, 0.25) is 5.15 Å². The minimum absolute atomic E-state index is 0.0617. The quantitative estimate of drug-likeness (QED) is 0.286. The molecule has 1 amide bonds. The molecule has 1 aromatic carbocycles. The molecule has 10 heteroatoms. The third kappa shape index (κ3) is 4.58. The van der Waals surface area contributed by atoms with Crippen molar-refractivity contribution in [3.05, 3.63) is 75.2 Å². The molecule has 3 aromatic rings. The van der Waals surface area contributed by atoms with Crippen molar-refractivity contribution in [2.45, 2.75) is 6.92 Å². The smallest absolute Gasteiger partial charge is 0.331 e. The maximum absolute atomic E-state index is 12.0. The van der Waals surface area contributed by atoms with Crippen LogP contribution in [0.3, 0.4) is 0 Å². The Morgan fingerprint density at radius 3 is 2.86 bits per heavy atom. The zero-order valence-electron chi connectivity index (χ0n) is 15.2. The van der Waals surface area contributed by atoms with Gasteiger partial charge in [0.05, 0.1) is 10.6 Å². The molecule has 0 aliphatic rings. The van der Waals surface area contributed by atoms with E-state index in [1.54, 1.807) is 41.8 Å². The first-order valence-electron chi connectivity index (χ1n) is 8.38. The normalized spacial score (nSPS) is 11.0. The number of hydrogen-bond donors (Lipinski definition) is 1. The largest absolute Gasteiger partial charge is 0.452 e. The van der Waals surface area contributed by atoms with E-state index < -0.39 is 23.4 Å². The second kappa shape index (κ2) is 8.53. The minimum atomic E-state index is -0.776. The monoisotopic (exact) mass is 414 g/mol. The molecule has 0 aliphatic heterocycles. The summed E-state index contributed by atoms with van der Waals surface area (Å²) < 4.78 is 6.58. The summed E-state index contributed by atoms with van der Waals surface area (Å²) in [6.45, 7) is 1.02. The average molecular weight is 415 g/mol. The van der Waals surface area contributed by atoms with Crippen LogP contribution in [0.5, 0.6) is 0 Å². The third-order valence-electron chi connectivity index (χ3n) is 3.96. The zero-order chi connectivity index (χ0) is 21.0. The number of ether oxygens (including phenoxy) is 1. The number of aryl methyl sites for hydroxylation is 1. The number of imidazole rings is 1. The van der Waals surface area contributed by atoms with Gasteiger partial charge >= 0.3 is 5.97 Å². The Morgan fingerprint density at radius 2 is 2.10 bits per heavy atom. The van der Waals surface area contributed by atoms with Gasteiger partial charge in [0, 0.05) is 18.3 Å². The van der Waals surface area contributed by atoms with Gasteiger partial charge in [-0.1, -0.05) is 29.8 Å². The number of fused-ring (bicyclic) bond motifs is 1. The Labute approximate surface area is 169 Å². The number of hydrogen-bond acceptors (Lipinski definition) is 6. The fraction of sp³-hybridized carbons (Fsp3) is 0.105. The van der Waals surface area contributed by atoms with Gasteiger partial charge in [-0.05, 0) is 30.7 Å². The maximum Gasteiger partial charge on any atom is 0.331 e. The number of pyridine rings is 1. The number of benzene rings is 1. The molecule has 0 saturated carbocycles. The molecule has 29 heavy (non-hydrogen) atoms. The number of amides is 1. The fourth-order valence-corrected chi connectivity index (χ4v) is 2.85. The van der Waals surface area contributed by atoms with Crippen LogP contribution in [0, 0.1) is 17.0 Å². The molecule has 0 unspecified atom stereocenters. The number of halogens is 1. The van der Waals surface area contributed by atoms with Gasteiger partial charge < -0.3 is 10.1 Å². The molecule has 0 atom stereocenters. The highest BCUT2D eigenvalue weighted by atomic mass is 35.5. The molecule has 0 radical (unpaired) electrons. The van der Waals surface area contributed by atoms with E-state index in [0.29, 0.717) is 16.9 Å². The van der Waals surface area contributed by atoms with Crippen molar-refractivity contribution < 1.29 is 19.2 Å². The van der Waals surface area contributed by atoms with Gasteiger partial charge in [0.1, 0.15) is 11.3 Å². The molecule has 2 heterocycles. The minimum Gasteiger partial charge on any atom is -0.452 e. The molecular weight excluding hydrogens is 400 g/mol. The Balaban J connectivity index is 1.62. The lowest BCUT2D eigenvalue weighted by Gasteiger charge is -2.08. The number of nitro groups is 1. The number of anilines is 1. The van der Waals surface area contributed by atoms with Gasteiger partial charge in [0.25, 0.3) is 11.6 Å². The lowest BCUT2D eigenvalue weighted by Crippen LogP contribution is -2.21. The predicted octanol–water partition coefficient (Wildman–Crippen LogP) is 3.40. The van der Waals surface area contributed by atoms with Crippen molar-refractivity contribution >= 4 is 46.6 Å². The molecule has 1 N–H and O–H groups in total. The Morgan fingerprint density at radius 1 is 1.31 bits per heavy atom. The molecular formula is C19H15ClN4O5. The Bertz CT molecular complexity index is 1140. The molecule has 2 aromatic heterocycles. The van der Waals surface area contributed by atoms with E-state index in [9.17, 15) is 19.7 Å². The number of aromatic nitrogens is 2. The number of rotatable bonds is 6. The highest BCUT2D eigenvalue weighted by Gasteiger charge is 2.18. The number of esters is 1. The summed E-state index contributed by atoms with van der Waals surface area (Å²) in [4.78, 5) is 38.6. The highest BCUT2D eigenvalue weighted by molar-refractivity contribution is 6.31. The zero-order valence-corrected chi connectivity index (χ0v) is 15.9. The molecule has 3 rings (SSSR count). The average Bonchev–Trinajstić information content (AvgIpc) is 3.01. The standard InChI is InChI=1S/C19H15ClN4O5/c1-12-5-4-6-13(24(27)28)18(12)22-16(25)11-29-17(26)9-8-14-19(20)21-15-7-2-3-10-23(14)15/h2-10H,11H2,1H3,(H,22,25)/b9-8+. The van der Waals surface area contributed by atoms with E-state index in [1.165, 1.54) is 18.2 Å². The summed E-state index contributed by atoms with van der Waals surface area (Å²) in [6, 6.07) is 9.76. The molecule has 0 fully saturated rings. The molecule has 0 saturated heterocycles. The summed E-state index contributed by atoms with van der Waals surface area (Å²) in [5, 5.41) is 13.7. The number of carbonyl (C=O) groups is 2. The van der Waals surface area contributed by atoms with Crippen LogP contribution in [-0.4, -0.2) is 32.8 Å². The first-order valence-corrected chi connectivity index (χ1v) is 8.76. The van der Waals surface area contributed by atoms with Gasteiger partial charge in [-0.25, -0.2) is 9.78 Å². The number of nitrogens with one attached hydrogen (secondary N) is 1. The number of para-hydroxylation sites is 1. The summed E-state index contributed by atoms with van der Waals surface area (Å²) in [7, 11) is 0. The van der Waals surface area contributed by atoms with Crippen molar-refractivity contribution in [1.29, 1.82) is 0 Å². The lowest BCUT2D eigenvalue weighted by atomic mass is 10.1. The summed E-state index contributed by atoms with van der Waals surface area (Å²) in [5.74, 6) is -1.47. The van der Waals surface area contributed by atoms with Gasteiger partial charge in [-0.15, -0.1) is 0 Å². The van der Waals surface area contributed by atoms with E-state index in [0.717, 1.165) is 6.08 Å². The Kier molecular flexibility index (Phi) is 5.89. The highest BCUT2D eigenvalue weighted by Crippen LogP contribution is 2.27. The van der Waals surface area contributed by atoms with E-state index in [2.05, 4.69) is 10.3 Å². The second-order valence-electron chi connectivity index (χ2n) is 5.93. The predicted molar refractivity (Wildman–Crippen MR) is 107 cm³/mol. The summed E-state index contributed by atoms with van der Waals surface area (Å²) in [6.07, 6.45) is 4.28. The van der Waals surface area contributed by atoms with Gasteiger partial charge in [0.2, 0.25) is 0 Å². The van der Waals surface area contributed by atoms with Crippen LogP contribution in [0.15, 0.2) is 48.7 Å². The molecule has 148 valence electrons. The van der Waals surface area contributed by atoms with Crippen LogP contribution in [0.25, 0.3) is 11.7 Å². The first-order chi connectivity index (χ1) is 13.9. The van der Waals surface area contributed by atoms with Crippen molar-refractivity contribution in [2.24, 2.45) is 0 Å². The fourth-order valence-electron chi connectivity index (χ4n) is 2.61. The van der Waals surface area contributed by atoms with E-state index in [-0.39, 0.29) is 16.5 Å². The van der Waals surface area contributed by atoms with Gasteiger partial charge in [-0.3, -0.25) is 19.3 Å². The van der Waals surface area contributed by atoms with Crippen molar-refractivity contribution in [3.8, 4) is 0 Å². The second-order valence-corrected chi connectivity index (χ2v) is 6.29. The summed E-state index contributed by atoms with van der Waals surface area (Å²) >= 11 is 6.07. The van der Waals surface area contributed by atoms with Crippen LogP contribution >= 0.6 is 11.6 Å². The van der Waals surface area contributed by atoms with Crippen LogP contribution in [0.1, 0.15) is 11.3 Å². The van der Waals surface area contributed by atoms with E-state index in [1.807, 2.05) is 0 Å². The maximum atomic E-state index is 12.0. The van der Waals surface area contributed by atoms with Gasteiger partial charge in [0.15, 0.2) is 11.8 Å². The van der Waals surface area contributed by atoms with Crippen molar-refractivity contribution in [2.75, 3.05) is 11.9 Å². The molecule has 9 nitrogen and oxygen atoms in total. The Hall–Kier alpha value is -3.72. The van der Waals surface area contributed by atoms with Gasteiger partial charge in [-0.2, -0.15) is 0 Å². The third-order valence-corrected chi connectivity index (χ3v) is 4.23. The number of nitro benzene ring substituents is 1. The van der Waals surface area contributed by atoms with Crippen LogP contribution < -0.4 is 5.32 Å². The van der Waals surface area contributed by atoms with Crippen molar-refractivity contribution in [3.63, 3.8) is 0 Å². The van der Waals surface area contributed by atoms with E-state index >= 15 is 0 Å².